The Morgan fingerprint density at radius 1 is 1.44 bits per heavy atom. The van der Waals surface area contributed by atoms with E-state index in [1.807, 2.05) is 0 Å². The maximum atomic E-state index is 5.01. The average Bonchev–Trinajstić information content (AvgIpc) is 1.91. The van der Waals surface area contributed by atoms with E-state index in [4.69, 9.17) is 6.42 Å². The van der Waals surface area contributed by atoms with Gasteiger partial charge in [-0.1, -0.05) is 5.92 Å². The van der Waals surface area contributed by atoms with Crippen molar-refractivity contribution in [2.45, 2.75) is 6.42 Å². The van der Waals surface area contributed by atoms with Crippen LogP contribution in [0, 0.1) is 12.3 Å². The van der Waals surface area contributed by atoms with E-state index >= 15 is 0 Å². The second-order valence-corrected chi connectivity index (χ2v) is 1.44. The van der Waals surface area contributed by atoms with Crippen LogP contribution in [0.3, 0.4) is 0 Å². The van der Waals surface area contributed by atoms with Crippen molar-refractivity contribution in [1.29, 1.82) is 0 Å². The number of nitrogens with zero attached hydrogens (tertiary/aromatic N) is 3. The molecule has 0 bridgehead atoms. The zero-order valence-corrected chi connectivity index (χ0v) is 4.78. The van der Waals surface area contributed by atoms with Gasteiger partial charge in [0.15, 0.2) is 0 Å². The number of hydrogen-bond donors (Lipinski definition) is 0. The highest BCUT2D eigenvalue weighted by Gasteiger charge is 1.86. The highest BCUT2D eigenvalue weighted by atomic mass is 15.0. The summed E-state index contributed by atoms with van der Waals surface area (Å²) < 4.78 is 0. The van der Waals surface area contributed by atoms with E-state index in [2.05, 4.69) is 20.9 Å². The molecule has 0 saturated carbocycles. The quantitative estimate of drug-likeness (QED) is 0.490. The fraction of sp³-hybridized carbons (Fsp3) is 0.167. The number of aromatic nitrogens is 3. The van der Waals surface area contributed by atoms with Crippen molar-refractivity contribution in [3.05, 3.63) is 18.5 Å². The third kappa shape index (κ3) is 1.50. The summed E-state index contributed by atoms with van der Waals surface area (Å²) in [7, 11) is 0. The van der Waals surface area contributed by atoms with E-state index < -0.39 is 0 Å². The lowest BCUT2D eigenvalue weighted by Gasteiger charge is -1.86. The van der Waals surface area contributed by atoms with E-state index in [1.165, 1.54) is 12.7 Å². The van der Waals surface area contributed by atoms with Gasteiger partial charge in [-0.15, -0.1) is 6.42 Å². The fourth-order valence-corrected chi connectivity index (χ4v) is 0.446. The Bertz CT molecular complexity index is 211. The van der Waals surface area contributed by atoms with Gasteiger partial charge in [0.05, 0.1) is 6.42 Å². The minimum Gasteiger partial charge on any atom is -0.225 e. The van der Waals surface area contributed by atoms with Crippen LogP contribution in [0.5, 0.6) is 0 Å². The van der Waals surface area contributed by atoms with Gasteiger partial charge in [0.1, 0.15) is 18.5 Å². The highest BCUT2D eigenvalue weighted by Crippen LogP contribution is 1.82. The van der Waals surface area contributed by atoms with Crippen LogP contribution >= 0.6 is 0 Å². The smallest absolute Gasteiger partial charge is 0.143 e. The largest absolute Gasteiger partial charge is 0.225 e. The monoisotopic (exact) mass is 119 g/mol. The first-order valence-corrected chi connectivity index (χ1v) is 2.48. The van der Waals surface area contributed by atoms with Gasteiger partial charge < -0.3 is 0 Å². The molecule has 3 nitrogen and oxygen atoms in total. The zero-order chi connectivity index (χ0) is 6.53. The number of terminal acetylenes is 1. The average molecular weight is 119 g/mol. The van der Waals surface area contributed by atoms with E-state index in [1.54, 1.807) is 0 Å². The number of hydrogen-bond acceptors (Lipinski definition) is 3. The van der Waals surface area contributed by atoms with Gasteiger partial charge in [0, 0.05) is 0 Å². The normalized spacial score (nSPS) is 8.33. The molecule has 1 aromatic heterocycles. The maximum Gasteiger partial charge on any atom is 0.143 e. The summed E-state index contributed by atoms with van der Waals surface area (Å²) in [5.41, 5.74) is 0. The van der Waals surface area contributed by atoms with Gasteiger partial charge in [-0.2, -0.15) is 0 Å². The van der Waals surface area contributed by atoms with Crippen molar-refractivity contribution in [2.24, 2.45) is 0 Å². The van der Waals surface area contributed by atoms with Crippen LogP contribution in [0.25, 0.3) is 0 Å². The second-order valence-electron chi connectivity index (χ2n) is 1.44. The molecule has 0 aliphatic carbocycles. The van der Waals surface area contributed by atoms with Crippen LogP contribution in [-0.2, 0) is 6.42 Å². The van der Waals surface area contributed by atoms with E-state index in [0.29, 0.717) is 12.2 Å². The molecule has 9 heavy (non-hydrogen) atoms. The Balaban J connectivity index is 2.76. The van der Waals surface area contributed by atoms with Crippen molar-refractivity contribution in [3.63, 3.8) is 0 Å². The Labute approximate surface area is 53.2 Å². The van der Waals surface area contributed by atoms with Crippen molar-refractivity contribution in [2.75, 3.05) is 0 Å². The molecule has 1 heterocycles. The molecule has 1 rings (SSSR count). The molecule has 3 heteroatoms. The van der Waals surface area contributed by atoms with Gasteiger partial charge >= 0.3 is 0 Å². The summed E-state index contributed by atoms with van der Waals surface area (Å²) in [5.74, 6) is 3.08. The van der Waals surface area contributed by atoms with Crippen LogP contribution < -0.4 is 0 Å². The zero-order valence-electron chi connectivity index (χ0n) is 4.78. The standard InChI is InChI=1S/C6H5N3/c1-2-3-6-8-4-7-5-9-6/h1,4-5H,3H2. The predicted octanol–water partition coefficient (Wildman–Crippen LogP) is 0.0473. The second kappa shape index (κ2) is 2.78. The SMILES string of the molecule is C#CCc1ncncn1. The molecule has 0 fully saturated rings. The summed E-state index contributed by atoms with van der Waals surface area (Å²) in [6.07, 6.45) is 8.35. The Morgan fingerprint density at radius 2 is 2.11 bits per heavy atom. The molecule has 0 radical (unpaired) electrons. The molecule has 0 spiro atoms. The van der Waals surface area contributed by atoms with Crippen molar-refractivity contribution in [3.8, 4) is 12.3 Å². The molecule has 0 aliphatic heterocycles. The van der Waals surface area contributed by atoms with Crippen molar-refractivity contribution >= 4 is 0 Å². The van der Waals surface area contributed by atoms with Gasteiger partial charge in [-0.3, -0.25) is 0 Å². The minimum absolute atomic E-state index is 0.475. The maximum absolute atomic E-state index is 5.01. The first kappa shape index (κ1) is 5.70. The van der Waals surface area contributed by atoms with Crippen LogP contribution in [0.15, 0.2) is 12.7 Å². The highest BCUT2D eigenvalue weighted by molar-refractivity contribution is 4.97. The number of rotatable bonds is 1. The Morgan fingerprint density at radius 3 is 2.67 bits per heavy atom. The molecule has 0 amide bonds. The lowest BCUT2D eigenvalue weighted by atomic mass is 10.4. The first-order chi connectivity index (χ1) is 4.43. The predicted molar refractivity (Wildman–Crippen MR) is 32.4 cm³/mol. The van der Waals surface area contributed by atoms with E-state index in [9.17, 15) is 0 Å². The van der Waals surface area contributed by atoms with Gasteiger partial charge in [0.2, 0.25) is 0 Å². The van der Waals surface area contributed by atoms with Gasteiger partial charge in [0.25, 0.3) is 0 Å². The lowest BCUT2D eigenvalue weighted by molar-refractivity contribution is 0.941. The molecule has 0 N–H and O–H groups in total. The topological polar surface area (TPSA) is 38.7 Å². The third-order valence-electron chi connectivity index (χ3n) is 0.807. The first-order valence-electron chi connectivity index (χ1n) is 2.48. The van der Waals surface area contributed by atoms with Crippen LogP contribution in [0.2, 0.25) is 0 Å². The minimum atomic E-state index is 0.475. The van der Waals surface area contributed by atoms with Crippen LogP contribution in [0.1, 0.15) is 5.82 Å². The summed E-state index contributed by atoms with van der Waals surface area (Å²) in [6, 6.07) is 0. The lowest BCUT2D eigenvalue weighted by Crippen LogP contribution is -1.91. The van der Waals surface area contributed by atoms with Crippen molar-refractivity contribution in [1.82, 2.24) is 15.0 Å². The fourth-order valence-electron chi connectivity index (χ4n) is 0.446. The molecule has 0 aromatic carbocycles. The molecule has 0 atom stereocenters. The molecular weight excluding hydrogens is 114 g/mol. The van der Waals surface area contributed by atoms with Crippen LogP contribution in [-0.4, -0.2) is 15.0 Å². The Kier molecular flexibility index (Phi) is 1.76. The molecule has 1 aromatic rings. The third-order valence-corrected chi connectivity index (χ3v) is 0.807. The molecule has 0 unspecified atom stereocenters. The molecule has 0 aliphatic rings. The van der Waals surface area contributed by atoms with Gasteiger partial charge in [-0.05, 0) is 0 Å². The summed E-state index contributed by atoms with van der Waals surface area (Å²) in [6.45, 7) is 0. The summed E-state index contributed by atoms with van der Waals surface area (Å²) in [5, 5.41) is 0. The van der Waals surface area contributed by atoms with E-state index in [-0.39, 0.29) is 0 Å². The van der Waals surface area contributed by atoms with Crippen molar-refractivity contribution < 1.29 is 0 Å². The summed E-state index contributed by atoms with van der Waals surface area (Å²) >= 11 is 0. The molecule has 44 valence electrons. The van der Waals surface area contributed by atoms with Crippen LogP contribution in [0.4, 0.5) is 0 Å². The molecule has 0 saturated heterocycles. The summed E-state index contributed by atoms with van der Waals surface area (Å²) in [4.78, 5) is 11.2. The Hall–Kier alpha value is -1.43. The van der Waals surface area contributed by atoms with E-state index in [0.717, 1.165) is 0 Å². The molecular formula is C6H5N3. The van der Waals surface area contributed by atoms with Gasteiger partial charge in [-0.25, -0.2) is 15.0 Å².